The fourth-order valence-corrected chi connectivity index (χ4v) is 4.62. The van der Waals surface area contributed by atoms with Crippen LogP contribution in [0.15, 0.2) is 97.1 Å². The summed E-state index contributed by atoms with van der Waals surface area (Å²) < 4.78 is 0. The van der Waals surface area contributed by atoms with E-state index in [0.29, 0.717) is 0 Å². The topological polar surface area (TPSA) is 6.48 Å². The van der Waals surface area contributed by atoms with E-state index >= 15 is 0 Å². The lowest BCUT2D eigenvalue weighted by Crippen LogP contribution is -2.37. The molecule has 0 aliphatic carbocycles. The van der Waals surface area contributed by atoms with Gasteiger partial charge in [-0.25, -0.2) is 0 Å². The summed E-state index contributed by atoms with van der Waals surface area (Å²) in [6.45, 7) is 17.8. The summed E-state index contributed by atoms with van der Waals surface area (Å²) >= 11 is 0. The minimum atomic E-state index is -0.0593. The maximum atomic E-state index is 2.41. The van der Waals surface area contributed by atoms with E-state index in [0.717, 1.165) is 17.1 Å². The third kappa shape index (κ3) is 5.65. The number of nitrogens with zero attached hydrogens (tertiary/aromatic N) is 2. The molecule has 0 aliphatic heterocycles. The lowest BCUT2D eigenvalue weighted by Gasteiger charge is -2.38. The first-order valence-corrected chi connectivity index (χ1v) is 12.9. The highest BCUT2D eigenvalue weighted by Crippen LogP contribution is 2.39. The van der Waals surface area contributed by atoms with E-state index in [1.807, 2.05) is 0 Å². The molecule has 0 atom stereocenters. The van der Waals surface area contributed by atoms with Crippen molar-refractivity contribution in [3.05, 3.63) is 114 Å². The van der Waals surface area contributed by atoms with E-state index in [1.54, 1.807) is 0 Å². The largest absolute Gasteiger partial charge is 0.336 e. The molecule has 0 amide bonds. The Kier molecular flexibility index (Phi) is 7.00. The molecule has 0 radical (unpaired) electrons. The molecule has 4 rings (SSSR count). The van der Waals surface area contributed by atoms with Gasteiger partial charge in [0.1, 0.15) is 0 Å². The summed E-state index contributed by atoms with van der Waals surface area (Å²) in [5.41, 5.74) is 9.78. The van der Waals surface area contributed by atoms with Gasteiger partial charge in [-0.3, -0.25) is 0 Å². The highest BCUT2D eigenvalue weighted by Gasteiger charge is 2.24. The van der Waals surface area contributed by atoms with Crippen molar-refractivity contribution in [3.8, 4) is 0 Å². The van der Waals surface area contributed by atoms with E-state index in [2.05, 4.69) is 162 Å². The first-order chi connectivity index (χ1) is 16.9. The summed E-state index contributed by atoms with van der Waals surface area (Å²) in [6, 6.07) is 35.5. The average molecular weight is 477 g/mol. The van der Waals surface area contributed by atoms with Gasteiger partial charge in [0.25, 0.3) is 0 Å². The van der Waals surface area contributed by atoms with Crippen LogP contribution in [0.3, 0.4) is 0 Å². The number of hydrogen-bond donors (Lipinski definition) is 0. The molecular weight excluding hydrogens is 436 g/mol. The number of hydrogen-bond acceptors (Lipinski definition) is 2. The zero-order chi connectivity index (χ0) is 26.1. The Morgan fingerprint density at radius 1 is 0.417 bits per heavy atom. The van der Waals surface area contributed by atoms with E-state index in [4.69, 9.17) is 0 Å². The van der Waals surface area contributed by atoms with Crippen LogP contribution in [-0.4, -0.2) is 5.54 Å². The summed E-state index contributed by atoms with van der Waals surface area (Å²) in [4.78, 5) is 4.74. The maximum absolute atomic E-state index is 2.41. The van der Waals surface area contributed by atoms with Crippen molar-refractivity contribution in [3.63, 3.8) is 0 Å². The van der Waals surface area contributed by atoms with Crippen LogP contribution in [0.25, 0.3) is 0 Å². The second-order valence-corrected chi connectivity index (χ2v) is 11.8. The minimum Gasteiger partial charge on any atom is -0.336 e. The fraction of sp³-hybridized carbons (Fsp3) is 0.294. The zero-order valence-corrected chi connectivity index (χ0v) is 23.1. The molecule has 0 saturated heterocycles. The lowest BCUT2D eigenvalue weighted by atomic mass is 9.87. The second kappa shape index (κ2) is 9.85. The minimum absolute atomic E-state index is 0.0593. The molecule has 4 aromatic carbocycles. The molecule has 0 saturated carbocycles. The van der Waals surface area contributed by atoms with Crippen molar-refractivity contribution in [2.45, 2.75) is 66.3 Å². The molecule has 0 bridgehead atoms. The average Bonchev–Trinajstić information content (AvgIpc) is 2.82. The van der Waals surface area contributed by atoms with Gasteiger partial charge in [-0.1, -0.05) is 68.3 Å². The Hall–Kier alpha value is -3.52. The summed E-state index contributed by atoms with van der Waals surface area (Å²) in [7, 11) is 0. The number of anilines is 5. The van der Waals surface area contributed by atoms with Crippen LogP contribution < -0.4 is 9.80 Å². The van der Waals surface area contributed by atoms with Gasteiger partial charge in [0.2, 0.25) is 0 Å². The van der Waals surface area contributed by atoms with Crippen molar-refractivity contribution >= 4 is 28.4 Å². The molecule has 2 nitrogen and oxygen atoms in total. The molecule has 0 aliphatic rings. The highest BCUT2D eigenvalue weighted by molar-refractivity contribution is 5.78. The van der Waals surface area contributed by atoms with Gasteiger partial charge in [0, 0.05) is 34.0 Å². The van der Waals surface area contributed by atoms with Crippen molar-refractivity contribution < 1.29 is 0 Å². The third-order valence-electron chi connectivity index (χ3n) is 6.61. The molecule has 0 fully saturated rings. The highest BCUT2D eigenvalue weighted by atomic mass is 15.2. The van der Waals surface area contributed by atoms with Crippen molar-refractivity contribution in [2.75, 3.05) is 9.80 Å². The van der Waals surface area contributed by atoms with E-state index in [1.165, 1.54) is 28.1 Å². The Bertz CT molecular complexity index is 1270. The molecule has 0 N–H and O–H groups in total. The normalized spacial score (nSPS) is 11.9. The predicted molar refractivity (Wildman–Crippen MR) is 158 cm³/mol. The second-order valence-electron chi connectivity index (χ2n) is 11.8. The van der Waals surface area contributed by atoms with Gasteiger partial charge < -0.3 is 9.80 Å². The third-order valence-corrected chi connectivity index (χ3v) is 6.61. The van der Waals surface area contributed by atoms with Crippen LogP contribution >= 0.6 is 0 Å². The summed E-state index contributed by atoms with van der Waals surface area (Å²) in [5.74, 6) is 0. The molecular formula is C34H40N2. The van der Waals surface area contributed by atoms with Crippen molar-refractivity contribution in [1.29, 1.82) is 0 Å². The first kappa shape index (κ1) is 25.6. The quantitative estimate of drug-likeness (QED) is 0.283. The van der Waals surface area contributed by atoms with Crippen LogP contribution in [0.1, 0.15) is 58.2 Å². The van der Waals surface area contributed by atoms with Crippen molar-refractivity contribution in [1.82, 2.24) is 0 Å². The molecule has 0 aromatic heterocycles. The predicted octanol–water partition coefficient (Wildman–Crippen LogP) is 10.0. The van der Waals surface area contributed by atoms with Crippen LogP contribution in [0.2, 0.25) is 0 Å². The van der Waals surface area contributed by atoms with Gasteiger partial charge in [-0.15, -0.1) is 0 Å². The van der Waals surface area contributed by atoms with E-state index in [-0.39, 0.29) is 11.0 Å². The van der Waals surface area contributed by atoms with Crippen molar-refractivity contribution in [2.24, 2.45) is 0 Å². The van der Waals surface area contributed by atoms with Gasteiger partial charge in [-0.2, -0.15) is 0 Å². The van der Waals surface area contributed by atoms with Gasteiger partial charge in [0.15, 0.2) is 0 Å². The van der Waals surface area contributed by atoms with Crippen LogP contribution in [0.4, 0.5) is 28.4 Å². The smallest absolute Gasteiger partial charge is 0.0463 e. The summed E-state index contributed by atoms with van der Waals surface area (Å²) in [6.07, 6.45) is 0. The molecule has 0 spiro atoms. The maximum Gasteiger partial charge on any atom is 0.0463 e. The van der Waals surface area contributed by atoms with Gasteiger partial charge in [0.05, 0.1) is 0 Å². The SMILES string of the molecule is Cc1ccc(N(c2ccc(N(c3ccc(C)cc3)C(C)(C)C)cc2)c2ccc(C(C)(C)C)cc2)cc1. The summed E-state index contributed by atoms with van der Waals surface area (Å²) in [5, 5.41) is 0. The Labute approximate surface area is 218 Å². The molecule has 0 unspecified atom stereocenters. The first-order valence-electron chi connectivity index (χ1n) is 12.9. The fourth-order valence-electron chi connectivity index (χ4n) is 4.62. The number of benzene rings is 4. The molecule has 4 aromatic rings. The molecule has 0 heterocycles. The molecule has 186 valence electrons. The lowest BCUT2D eigenvalue weighted by molar-refractivity contribution is 0.560. The molecule has 2 heteroatoms. The zero-order valence-electron chi connectivity index (χ0n) is 23.1. The number of rotatable bonds is 5. The Balaban J connectivity index is 1.76. The molecule has 36 heavy (non-hydrogen) atoms. The number of aryl methyl sites for hydroxylation is 2. The van der Waals surface area contributed by atoms with Crippen LogP contribution in [0.5, 0.6) is 0 Å². The van der Waals surface area contributed by atoms with E-state index < -0.39 is 0 Å². The van der Waals surface area contributed by atoms with E-state index in [9.17, 15) is 0 Å². The van der Waals surface area contributed by atoms with Gasteiger partial charge >= 0.3 is 0 Å². The Morgan fingerprint density at radius 3 is 1.08 bits per heavy atom. The Morgan fingerprint density at radius 2 is 0.722 bits per heavy atom. The standard InChI is InChI=1S/C34H40N2/c1-25-9-15-28(16-10-25)35(29-19-13-27(14-20-29)33(3,4)5)30-21-23-32(24-22-30)36(34(6,7)8)31-17-11-26(2)12-18-31/h9-24H,1-8H3. The monoisotopic (exact) mass is 476 g/mol. The van der Waals surface area contributed by atoms with Crippen LogP contribution in [-0.2, 0) is 5.41 Å². The van der Waals surface area contributed by atoms with Gasteiger partial charge in [-0.05, 0) is 106 Å². The van der Waals surface area contributed by atoms with Crippen LogP contribution in [0, 0.1) is 13.8 Å².